The summed E-state index contributed by atoms with van der Waals surface area (Å²) in [6.07, 6.45) is 0. The molecule has 1 unspecified atom stereocenters. The Morgan fingerprint density at radius 1 is 1.00 bits per heavy atom. The Labute approximate surface area is 177 Å². The summed E-state index contributed by atoms with van der Waals surface area (Å²) >= 11 is 5.97. The molecule has 1 fully saturated rings. The van der Waals surface area contributed by atoms with Crippen LogP contribution in [0.15, 0.2) is 78.4 Å². The van der Waals surface area contributed by atoms with Crippen molar-refractivity contribution < 1.29 is 19.1 Å². The highest BCUT2D eigenvalue weighted by Gasteiger charge is 2.46. The molecule has 1 aliphatic rings. The van der Waals surface area contributed by atoms with Gasteiger partial charge in [-0.2, -0.15) is 0 Å². The van der Waals surface area contributed by atoms with Gasteiger partial charge in [-0.15, -0.1) is 0 Å². The number of aliphatic hydroxyl groups excluding tert-OH is 1. The molecule has 1 N–H and O–H groups in total. The molecule has 3 aromatic carbocycles. The van der Waals surface area contributed by atoms with Crippen molar-refractivity contribution in [1.29, 1.82) is 0 Å². The first kappa shape index (κ1) is 19.9. The number of aryl methyl sites for hydroxylation is 1. The van der Waals surface area contributed by atoms with Crippen molar-refractivity contribution in [3.8, 4) is 0 Å². The first-order chi connectivity index (χ1) is 14.4. The molecule has 0 radical (unpaired) electrons. The lowest BCUT2D eigenvalue weighted by Crippen LogP contribution is -2.29. The van der Waals surface area contributed by atoms with E-state index in [-0.39, 0.29) is 16.9 Å². The molecular weight excluding hydrogens is 405 g/mol. The second kappa shape index (κ2) is 7.76. The van der Waals surface area contributed by atoms with Crippen molar-refractivity contribution >= 4 is 34.7 Å². The summed E-state index contributed by atoms with van der Waals surface area (Å²) in [6.45, 7) is 1.56. The molecule has 3 aromatic rings. The zero-order chi connectivity index (χ0) is 21.4. The van der Waals surface area contributed by atoms with Gasteiger partial charge in [0, 0.05) is 16.3 Å². The number of carbonyl (C=O) groups excluding carboxylic acids is 2. The second-order valence-electron chi connectivity index (χ2n) is 7.02. The van der Waals surface area contributed by atoms with E-state index in [0.717, 1.165) is 0 Å². The van der Waals surface area contributed by atoms with Crippen LogP contribution < -0.4 is 4.90 Å². The number of ketones is 1. The van der Waals surface area contributed by atoms with Crippen LogP contribution in [0.1, 0.15) is 22.7 Å². The number of anilines is 1. The van der Waals surface area contributed by atoms with Gasteiger partial charge < -0.3 is 5.11 Å². The highest BCUT2D eigenvalue weighted by atomic mass is 35.5. The van der Waals surface area contributed by atoms with E-state index in [9.17, 15) is 19.1 Å². The molecule has 1 saturated heterocycles. The zero-order valence-electron chi connectivity index (χ0n) is 16.0. The monoisotopic (exact) mass is 421 g/mol. The fourth-order valence-corrected chi connectivity index (χ4v) is 3.72. The molecule has 150 valence electrons. The van der Waals surface area contributed by atoms with Crippen LogP contribution in [-0.4, -0.2) is 16.8 Å². The van der Waals surface area contributed by atoms with Gasteiger partial charge in [-0.25, -0.2) is 4.39 Å². The average Bonchev–Trinajstić information content (AvgIpc) is 3.02. The predicted molar refractivity (Wildman–Crippen MR) is 114 cm³/mol. The van der Waals surface area contributed by atoms with E-state index < -0.39 is 23.5 Å². The van der Waals surface area contributed by atoms with Crippen molar-refractivity contribution in [2.24, 2.45) is 0 Å². The molecule has 1 heterocycles. The third-order valence-electron chi connectivity index (χ3n) is 5.10. The maximum absolute atomic E-state index is 13.7. The fourth-order valence-electron chi connectivity index (χ4n) is 3.60. The number of hydrogen-bond donors (Lipinski definition) is 1. The topological polar surface area (TPSA) is 57.6 Å². The van der Waals surface area contributed by atoms with Crippen LogP contribution in [0.3, 0.4) is 0 Å². The van der Waals surface area contributed by atoms with Gasteiger partial charge in [-0.3, -0.25) is 14.5 Å². The molecule has 1 amide bonds. The zero-order valence-corrected chi connectivity index (χ0v) is 16.7. The third-order valence-corrected chi connectivity index (χ3v) is 5.35. The van der Waals surface area contributed by atoms with Crippen LogP contribution in [0.4, 0.5) is 10.1 Å². The molecule has 1 atom stereocenters. The summed E-state index contributed by atoms with van der Waals surface area (Å²) in [6, 6.07) is 18.7. The minimum Gasteiger partial charge on any atom is -0.507 e. The summed E-state index contributed by atoms with van der Waals surface area (Å²) in [5.74, 6) is -2.33. The van der Waals surface area contributed by atoms with Gasteiger partial charge in [0.05, 0.1) is 11.6 Å². The first-order valence-electron chi connectivity index (χ1n) is 9.26. The maximum Gasteiger partial charge on any atom is 0.300 e. The Kier molecular flexibility index (Phi) is 5.14. The lowest BCUT2D eigenvalue weighted by molar-refractivity contribution is -0.132. The maximum atomic E-state index is 13.7. The summed E-state index contributed by atoms with van der Waals surface area (Å²) in [5.41, 5.74) is 1.68. The Bertz CT molecular complexity index is 1170. The van der Waals surface area contributed by atoms with Gasteiger partial charge in [-0.1, -0.05) is 41.9 Å². The van der Waals surface area contributed by atoms with Crippen molar-refractivity contribution in [3.05, 3.63) is 106 Å². The van der Waals surface area contributed by atoms with Gasteiger partial charge in [0.1, 0.15) is 11.6 Å². The minimum atomic E-state index is -0.835. The lowest BCUT2D eigenvalue weighted by atomic mass is 9.94. The van der Waals surface area contributed by atoms with E-state index in [4.69, 9.17) is 11.6 Å². The molecule has 1 aliphatic heterocycles. The summed E-state index contributed by atoms with van der Waals surface area (Å²) in [5, 5.41) is 11.5. The van der Waals surface area contributed by atoms with Crippen LogP contribution >= 0.6 is 11.6 Å². The van der Waals surface area contributed by atoms with E-state index in [1.165, 1.54) is 23.1 Å². The van der Waals surface area contributed by atoms with Gasteiger partial charge in [0.25, 0.3) is 11.7 Å². The number of hydrogen-bond acceptors (Lipinski definition) is 3. The predicted octanol–water partition coefficient (Wildman–Crippen LogP) is 5.41. The van der Waals surface area contributed by atoms with Crippen LogP contribution in [0.2, 0.25) is 5.02 Å². The highest BCUT2D eigenvalue weighted by Crippen LogP contribution is 2.42. The summed E-state index contributed by atoms with van der Waals surface area (Å²) in [4.78, 5) is 27.3. The van der Waals surface area contributed by atoms with Crippen molar-refractivity contribution in [2.75, 3.05) is 4.90 Å². The van der Waals surface area contributed by atoms with Crippen LogP contribution in [0.5, 0.6) is 0 Å². The highest BCUT2D eigenvalue weighted by molar-refractivity contribution is 6.51. The van der Waals surface area contributed by atoms with E-state index in [1.807, 2.05) is 6.07 Å². The van der Waals surface area contributed by atoms with E-state index in [1.54, 1.807) is 55.5 Å². The minimum absolute atomic E-state index is 0.0489. The Hall–Kier alpha value is -3.44. The van der Waals surface area contributed by atoms with Crippen LogP contribution in [-0.2, 0) is 9.59 Å². The number of carbonyl (C=O) groups is 2. The number of halogens is 2. The average molecular weight is 422 g/mol. The van der Waals surface area contributed by atoms with Crippen molar-refractivity contribution in [3.63, 3.8) is 0 Å². The SMILES string of the molecule is Cc1cc(/C(O)=C2/C(=O)C(=O)N(c3ccc(Cl)cc3)C2c2ccccc2)ccc1F. The Balaban J connectivity index is 1.94. The first-order valence-corrected chi connectivity index (χ1v) is 9.64. The molecular formula is C24H17ClFNO3. The van der Waals surface area contributed by atoms with E-state index in [2.05, 4.69) is 0 Å². The molecule has 0 aromatic heterocycles. The molecule has 4 nitrogen and oxygen atoms in total. The molecule has 0 aliphatic carbocycles. The number of aliphatic hydroxyl groups is 1. The van der Waals surface area contributed by atoms with Gasteiger partial charge >= 0.3 is 0 Å². The van der Waals surface area contributed by atoms with E-state index >= 15 is 0 Å². The van der Waals surface area contributed by atoms with Gasteiger partial charge in [-0.05, 0) is 60.5 Å². The molecule has 6 heteroatoms. The van der Waals surface area contributed by atoms with Crippen LogP contribution in [0.25, 0.3) is 5.76 Å². The number of nitrogens with zero attached hydrogens (tertiary/aromatic N) is 1. The number of amides is 1. The fraction of sp³-hybridized carbons (Fsp3) is 0.0833. The molecule has 0 bridgehead atoms. The molecule has 30 heavy (non-hydrogen) atoms. The Morgan fingerprint density at radius 2 is 1.67 bits per heavy atom. The Morgan fingerprint density at radius 3 is 2.30 bits per heavy atom. The summed E-state index contributed by atoms with van der Waals surface area (Å²) < 4.78 is 13.7. The largest absolute Gasteiger partial charge is 0.507 e. The van der Waals surface area contributed by atoms with Crippen molar-refractivity contribution in [2.45, 2.75) is 13.0 Å². The standard InChI is InChI=1S/C24H17ClFNO3/c1-14-13-16(7-12-19(14)26)22(28)20-21(15-5-3-2-4-6-15)27(24(30)23(20)29)18-10-8-17(25)9-11-18/h2-13,21,28H,1H3/b22-20-. The van der Waals surface area contributed by atoms with Gasteiger partial charge in [0.2, 0.25) is 0 Å². The number of rotatable bonds is 3. The van der Waals surface area contributed by atoms with Crippen LogP contribution in [0, 0.1) is 12.7 Å². The van der Waals surface area contributed by atoms with Gasteiger partial charge in [0.15, 0.2) is 0 Å². The molecule has 0 saturated carbocycles. The van der Waals surface area contributed by atoms with E-state index in [0.29, 0.717) is 21.8 Å². The second-order valence-corrected chi connectivity index (χ2v) is 7.46. The normalized spacial score (nSPS) is 18.1. The smallest absolute Gasteiger partial charge is 0.300 e. The lowest BCUT2D eigenvalue weighted by Gasteiger charge is -2.25. The summed E-state index contributed by atoms with van der Waals surface area (Å²) in [7, 11) is 0. The quantitative estimate of drug-likeness (QED) is 0.349. The number of Topliss-reactive ketones (excluding diaryl/α,β-unsaturated/α-hetero) is 1. The number of benzene rings is 3. The molecule has 0 spiro atoms. The third kappa shape index (κ3) is 3.37. The van der Waals surface area contributed by atoms with Crippen molar-refractivity contribution in [1.82, 2.24) is 0 Å². The molecule has 4 rings (SSSR count).